The van der Waals surface area contributed by atoms with Crippen LogP contribution < -0.4 is 10.2 Å². The first-order valence-corrected chi connectivity index (χ1v) is 10.8. The highest BCUT2D eigenvalue weighted by atomic mass is 16.6. The Morgan fingerprint density at radius 1 is 1.22 bits per heavy atom. The van der Waals surface area contributed by atoms with E-state index in [1.165, 1.54) is 12.1 Å². The van der Waals surface area contributed by atoms with Crippen LogP contribution in [-0.4, -0.2) is 38.7 Å². The highest BCUT2D eigenvalue weighted by Gasteiger charge is 2.24. The van der Waals surface area contributed by atoms with Gasteiger partial charge >= 0.3 is 0 Å². The van der Waals surface area contributed by atoms with E-state index < -0.39 is 4.92 Å². The molecule has 1 aliphatic rings. The SMILES string of the molecule is CCn1cnnc1-c1cccc(NC(=O)c2cc([N+](=O)[O-])ccc2N2CCC(C)CC2)c1. The minimum absolute atomic E-state index is 0.103. The van der Waals surface area contributed by atoms with E-state index in [1.54, 1.807) is 18.5 Å². The fourth-order valence-corrected chi connectivity index (χ4v) is 3.99. The van der Waals surface area contributed by atoms with Crippen molar-refractivity contribution in [2.24, 2.45) is 5.92 Å². The lowest BCUT2D eigenvalue weighted by Crippen LogP contribution is -2.34. The van der Waals surface area contributed by atoms with Crippen molar-refractivity contribution in [3.05, 3.63) is 64.5 Å². The number of aromatic nitrogens is 3. The predicted octanol–water partition coefficient (Wildman–Crippen LogP) is 4.36. The number of hydrogen-bond acceptors (Lipinski definition) is 6. The molecule has 2 heterocycles. The Labute approximate surface area is 186 Å². The number of piperidine rings is 1. The number of anilines is 2. The van der Waals surface area contributed by atoms with Gasteiger partial charge in [0.05, 0.1) is 16.2 Å². The third-order valence-electron chi connectivity index (χ3n) is 5.89. The average Bonchev–Trinajstić information content (AvgIpc) is 3.28. The smallest absolute Gasteiger partial charge is 0.270 e. The molecule has 9 heteroatoms. The van der Waals surface area contributed by atoms with Gasteiger partial charge in [-0.05, 0) is 43.9 Å². The number of rotatable bonds is 6. The lowest BCUT2D eigenvalue weighted by atomic mass is 9.97. The van der Waals surface area contributed by atoms with Gasteiger partial charge in [-0.3, -0.25) is 14.9 Å². The average molecular weight is 435 g/mol. The van der Waals surface area contributed by atoms with Gasteiger partial charge in [0, 0.05) is 43.0 Å². The summed E-state index contributed by atoms with van der Waals surface area (Å²) in [6.45, 7) is 6.59. The predicted molar refractivity (Wildman–Crippen MR) is 123 cm³/mol. The Kier molecular flexibility index (Phi) is 6.16. The van der Waals surface area contributed by atoms with E-state index in [-0.39, 0.29) is 11.6 Å². The van der Waals surface area contributed by atoms with Crippen molar-refractivity contribution in [2.75, 3.05) is 23.3 Å². The largest absolute Gasteiger partial charge is 0.371 e. The van der Waals surface area contributed by atoms with Gasteiger partial charge in [-0.15, -0.1) is 10.2 Å². The van der Waals surface area contributed by atoms with Crippen molar-refractivity contribution >= 4 is 23.0 Å². The molecule has 0 unspecified atom stereocenters. The summed E-state index contributed by atoms with van der Waals surface area (Å²) < 4.78 is 1.91. The lowest BCUT2D eigenvalue weighted by Gasteiger charge is -2.33. The molecule has 1 fully saturated rings. The molecule has 0 bridgehead atoms. The van der Waals surface area contributed by atoms with Crippen LogP contribution >= 0.6 is 0 Å². The number of nitrogens with zero attached hydrogens (tertiary/aromatic N) is 5. The molecule has 166 valence electrons. The van der Waals surface area contributed by atoms with Crippen LogP contribution in [0, 0.1) is 16.0 Å². The van der Waals surface area contributed by atoms with Crippen LogP contribution in [0.3, 0.4) is 0 Å². The lowest BCUT2D eigenvalue weighted by molar-refractivity contribution is -0.384. The van der Waals surface area contributed by atoms with Gasteiger partial charge in [0.15, 0.2) is 5.82 Å². The molecular formula is C23H26N6O3. The van der Waals surface area contributed by atoms with Gasteiger partial charge in [-0.25, -0.2) is 0 Å². The topological polar surface area (TPSA) is 106 Å². The molecular weight excluding hydrogens is 408 g/mol. The highest BCUT2D eigenvalue weighted by Crippen LogP contribution is 2.30. The summed E-state index contributed by atoms with van der Waals surface area (Å²) in [4.78, 5) is 26.3. The molecule has 0 saturated carbocycles. The second-order valence-corrected chi connectivity index (χ2v) is 8.10. The first-order chi connectivity index (χ1) is 15.5. The van der Waals surface area contributed by atoms with Crippen molar-refractivity contribution in [3.63, 3.8) is 0 Å². The molecule has 0 radical (unpaired) electrons. The van der Waals surface area contributed by atoms with E-state index in [0.717, 1.165) is 43.7 Å². The quantitative estimate of drug-likeness (QED) is 0.456. The zero-order valence-electron chi connectivity index (χ0n) is 18.2. The maximum Gasteiger partial charge on any atom is 0.270 e. The van der Waals surface area contributed by atoms with Crippen molar-refractivity contribution < 1.29 is 9.72 Å². The van der Waals surface area contributed by atoms with Gasteiger partial charge in [-0.1, -0.05) is 19.1 Å². The summed E-state index contributed by atoms with van der Waals surface area (Å²) >= 11 is 0. The molecule has 0 atom stereocenters. The number of carbonyl (C=O) groups excluding carboxylic acids is 1. The third kappa shape index (κ3) is 4.46. The molecule has 1 N–H and O–H groups in total. The number of nitro benzene ring substituents is 1. The number of non-ortho nitro benzene ring substituents is 1. The summed E-state index contributed by atoms with van der Waals surface area (Å²) in [6.07, 6.45) is 3.71. The molecule has 0 aliphatic carbocycles. The molecule has 1 aliphatic heterocycles. The van der Waals surface area contributed by atoms with E-state index in [2.05, 4.69) is 27.3 Å². The standard InChI is InChI=1S/C23H26N6O3/c1-3-27-15-24-26-22(27)17-5-4-6-18(13-17)25-23(30)20-14-19(29(31)32)7-8-21(20)28-11-9-16(2)10-12-28/h4-8,13-16H,3,9-12H2,1-2H3,(H,25,30). The van der Waals surface area contributed by atoms with E-state index in [0.29, 0.717) is 23.0 Å². The van der Waals surface area contributed by atoms with Crippen LogP contribution in [0.2, 0.25) is 0 Å². The van der Waals surface area contributed by atoms with E-state index in [4.69, 9.17) is 0 Å². The Morgan fingerprint density at radius 2 is 2.00 bits per heavy atom. The molecule has 1 aromatic heterocycles. The van der Waals surface area contributed by atoms with Crippen molar-refractivity contribution in [3.8, 4) is 11.4 Å². The number of nitro groups is 1. The fourth-order valence-electron chi connectivity index (χ4n) is 3.99. The molecule has 0 spiro atoms. The van der Waals surface area contributed by atoms with Crippen molar-refractivity contribution in [1.82, 2.24) is 14.8 Å². The summed E-state index contributed by atoms with van der Waals surface area (Å²) in [5, 5.41) is 22.4. The highest BCUT2D eigenvalue weighted by molar-refractivity contribution is 6.08. The fraction of sp³-hybridized carbons (Fsp3) is 0.348. The maximum absolute atomic E-state index is 13.2. The van der Waals surface area contributed by atoms with Crippen LogP contribution in [0.1, 0.15) is 37.0 Å². The van der Waals surface area contributed by atoms with Crippen LogP contribution in [0.5, 0.6) is 0 Å². The number of carbonyl (C=O) groups is 1. The first kappa shape index (κ1) is 21.5. The van der Waals surface area contributed by atoms with Gasteiger partial charge in [0.2, 0.25) is 0 Å². The zero-order valence-corrected chi connectivity index (χ0v) is 18.2. The van der Waals surface area contributed by atoms with Gasteiger partial charge < -0.3 is 14.8 Å². The summed E-state index contributed by atoms with van der Waals surface area (Å²) in [6, 6.07) is 11.9. The molecule has 1 saturated heterocycles. The maximum atomic E-state index is 13.2. The number of nitrogens with one attached hydrogen (secondary N) is 1. The number of hydrogen-bond donors (Lipinski definition) is 1. The minimum Gasteiger partial charge on any atom is -0.371 e. The van der Waals surface area contributed by atoms with Crippen LogP contribution in [-0.2, 0) is 6.54 Å². The first-order valence-electron chi connectivity index (χ1n) is 10.8. The number of amides is 1. The molecule has 32 heavy (non-hydrogen) atoms. The summed E-state index contributed by atoms with van der Waals surface area (Å²) in [5.41, 5.74) is 2.33. The Balaban J connectivity index is 1.63. The third-order valence-corrected chi connectivity index (χ3v) is 5.89. The van der Waals surface area contributed by atoms with Crippen molar-refractivity contribution in [2.45, 2.75) is 33.2 Å². The van der Waals surface area contributed by atoms with E-state index in [9.17, 15) is 14.9 Å². The van der Waals surface area contributed by atoms with Crippen LogP contribution in [0.4, 0.5) is 17.1 Å². The summed E-state index contributed by atoms with van der Waals surface area (Å²) in [7, 11) is 0. The van der Waals surface area contributed by atoms with E-state index >= 15 is 0 Å². The number of benzene rings is 2. The molecule has 4 rings (SSSR count). The Hall–Kier alpha value is -3.75. The van der Waals surface area contributed by atoms with Crippen LogP contribution in [0.25, 0.3) is 11.4 Å². The van der Waals surface area contributed by atoms with Gasteiger partial charge in [0.25, 0.3) is 11.6 Å². The van der Waals surface area contributed by atoms with E-state index in [1.807, 2.05) is 29.7 Å². The Bertz CT molecular complexity index is 1130. The Morgan fingerprint density at radius 3 is 2.72 bits per heavy atom. The van der Waals surface area contributed by atoms with Gasteiger partial charge in [-0.2, -0.15) is 0 Å². The molecule has 3 aromatic rings. The van der Waals surface area contributed by atoms with Crippen molar-refractivity contribution in [1.29, 1.82) is 0 Å². The minimum atomic E-state index is -0.475. The summed E-state index contributed by atoms with van der Waals surface area (Å²) in [5.74, 6) is 0.966. The second-order valence-electron chi connectivity index (χ2n) is 8.10. The molecule has 1 amide bonds. The monoisotopic (exact) mass is 434 g/mol. The van der Waals surface area contributed by atoms with Gasteiger partial charge in [0.1, 0.15) is 6.33 Å². The normalized spacial score (nSPS) is 14.4. The second kappa shape index (κ2) is 9.17. The zero-order chi connectivity index (χ0) is 22.7. The molecule has 9 nitrogen and oxygen atoms in total. The van der Waals surface area contributed by atoms with Crippen LogP contribution in [0.15, 0.2) is 48.8 Å². The number of aryl methyl sites for hydroxylation is 1. The molecule has 2 aromatic carbocycles.